The van der Waals surface area contributed by atoms with Gasteiger partial charge in [0.15, 0.2) is 0 Å². The van der Waals surface area contributed by atoms with E-state index in [-0.39, 0.29) is 12.0 Å². The van der Waals surface area contributed by atoms with Crippen LogP contribution < -0.4 is 0 Å². The van der Waals surface area contributed by atoms with Gasteiger partial charge in [-0.15, -0.1) is 0 Å². The minimum absolute atomic E-state index is 0.0748. The number of rotatable bonds is 4. The SMILES string of the molecule is CCCCON1OC(C)CCC1=O. The molecular formula is C9H17NO3. The Morgan fingerprint density at radius 3 is 3.15 bits per heavy atom. The van der Waals surface area contributed by atoms with Crippen LogP contribution in [-0.2, 0) is 14.5 Å². The quantitative estimate of drug-likeness (QED) is 0.628. The molecule has 0 aliphatic carbocycles. The molecule has 13 heavy (non-hydrogen) atoms. The molecule has 1 atom stereocenters. The fourth-order valence-corrected chi connectivity index (χ4v) is 1.09. The molecule has 0 radical (unpaired) electrons. The first-order valence-corrected chi connectivity index (χ1v) is 4.86. The van der Waals surface area contributed by atoms with E-state index >= 15 is 0 Å². The van der Waals surface area contributed by atoms with Gasteiger partial charge in [0, 0.05) is 6.42 Å². The van der Waals surface area contributed by atoms with Crippen LogP contribution in [0.2, 0.25) is 0 Å². The third kappa shape index (κ3) is 3.32. The van der Waals surface area contributed by atoms with Crippen LogP contribution in [-0.4, -0.2) is 23.8 Å². The molecule has 0 aromatic heterocycles. The van der Waals surface area contributed by atoms with Crippen molar-refractivity contribution >= 4 is 5.91 Å². The minimum Gasteiger partial charge on any atom is -0.270 e. The van der Waals surface area contributed by atoms with E-state index in [0.29, 0.717) is 13.0 Å². The lowest BCUT2D eigenvalue weighted by atomic mass is 10.2. The summed E-state index contributed by atoms with van der Waals surface area (Å²) in [6.07, 6.45) is 3.39. The molecule has 1 amide bonds. The fraction of sp³-hybridized carbons (Fsp3) is 0.889. The maximum absolute atomic E-state index is 11.2. The molecule has 1 saturated heterocycles. The van der Waals surface area contributed by atoms with E-state index in [2.05, 4.69) is 6.92 Å². The lowest BCUT2D eigenvalue weighted by Crippen LogP contribution is -2.39. The molecule has 0 aromatic rings. The van der Waals surface area contributed by atoms with Crippen molar-refractivity contribution in [2.75, 3.05) is 6.61 Å². The van der Waals surface area contributed by atoms with Crippen LogP contribution in [0.15, 0.2) is 0 Å². The molecule has 76 valence electrons. The molecule has 1 fully saturated rings. The van der Waals surface area contributed by atoms with Crippen LogP contribution >= 0.6 is 0 Å². The number of amides is 1. The molecule has 1 heterocycles. The summed E-state index contributed by atoms with van der Waals surface area (Å²) in [5.74, 6) is -0.0748. The Labute approximate surface area is 78.7 Å². The monoisotopic (exact) mass is 187 g/mol. The molecule has 1 aliphatic heterocycles. The second-order valence-corrected chi connectivity index (χ2v) is 3.29. The topological polar surface area (TPSA) is 38.8 Å². The predicted molar refractivity (Wildman–Crippen MR) is 47.5 cm³/mol. The summed E-state index contributed by atoms with van der Waals surface area (Å²) in [7, 11) is 0. The summed E-state index contributed by atoms with van der Waals surface area (Å²) in [5, 5.41) is 1.05. The van der Waals surface area contributed by atoms with Gasteiger partial charge in [0.05, 0.1) is 12.7 Å². The van der Waals surface area contributed by atoms with Crippen LogP contribution in [0.1, 0.15) is 39.5 Å². The van der Waals surface area contributed by atoms with Crippen molar-refractivity contribution in [1.82, 2.24) is 5.23 Å². The molecule has 1 unspecified atom stereocenters. The zero-order valence-electron chi connectivity index (χ0n) is 8.28. The second kappa shape index (κ2) is 5.19. The van der Waals surface area contributed by atoms with E-state index in [9.17, 15) is 4.79 Å². The first-order valence-electron chi connectivity index (χ1n) is 4.86. The zero-order chi connectivity index (χ0) is 9.68. The van der Waals surface area contributed by atoms with Gasteiger partial charge >= 0.3 is 0 Å². The maximum Gasteiger partial charge on any atom is 0.273 e. The second-order valence-electron chi connectivity index (χ2n) is 3.29. The predicted octanol–water partition coefficient (Wildman–Crippen LogP) is 1.66. The maximum atomic E-state index is 11.2. The molecule has 1 rings (SSSR count). The zero-order valence-corrected chi connectivity index (χ0v) is 8.28. The number of hydroxylamine groups is 2. The first kappa shape index (κ1) is 10.5. The Kier molecular flexibility index (Phi) is 4.18. The van der Waals surface area contributed by atoms with Gasteiger partial charge in [-0.05, 0) is 19.8 Å². The van der Waals surface area contributed by atoms with Crippen LogP contribution in [0.3, 0.4) is 0 Å². The highest BCUT2D eigenvalue weighted by atomic mass is 17.0. The highest BCUT2D eigenvalue weighted by molar-refractivity contribution is 5.74. The molecule has 0 aromatic carbocycles. The van der Waals surface area contributed by atoms with E-state index in [0.717, 1.165) is 24.5 Å². The lowest BCUT2D eigenvalue weighted by Gasteiger charge is -2.28. The average molecular weight is 187 g/mol. The summed E-state index contributed by atoms with van der Waals surface area (Å²) < 4.78 is 0. The van der Waals surface area contributed by atoms with Gasteiger partial charge in [0.2, 0.25) is 0 Å². The third-order valence-corrected chi connectivity index (χ3v) is 1.95. The van der Waals surface area contributed by atoms with Crippen molar-refractivity contribution < 1.29 is 14.5 Å². The average Bonchev–Trinajstić information content (AvgIpc) is 2.11. The van der Waals surface area contributed by atoms with E-state index in [4.69, 9.17) is 9.68 Å². The summed E-state index contributed by atoms with van der Waals surface area (Å²) in [6, 6.07) is 0. The third-order valence-electron chi connectivity index (χ3n) is 1.95. The standard InChI is InChI=1S/C9H17NO3/c1-3-4-7-12-10-9(11)6-5-8(2)13-10/h8H,3-7H2,1-2H3. The van der Waals surface area contributed by atoms with Gasteiger partial charge in [0.25, 0.3) is 5.91 Å². The van der Waals surface area contributed by atoms with E-state index in [1.807, 2.05) is 6.92 Å². The number of carbonyl (C=O) groups excluding carboxylic acids is 1. The number of hydrogen-bond acceptors (Lipinski definition) is 3. The van der Waals surface area contributed by atoms with Gasteiger partial charge < -0.3 is 0 Å². The summed E-state index contributed by atoms with van der Waals surface area (Å²) in [4.78, 5) is 21.6. The van der Waals surface area contributed by atoms with E-state index in [1.54, 1.807) is 0 Å². The minimum atomic E-state index is -0.0748. The molecular weight excluding hydrogens is 170 g/mol. The molecule has 0 spiro atoms. The van der Waals surface area contributed by atoms with Crippen LogP contribution in [0.25, 0.3) is 0 Å². The lowest BCUT2D eigenvalue weighted by molar-refractivity contribution is -0.366. The highest BCUT2D eigenvalue weighted by Gasteiger charge is 2.24. The van der Waals surface area contributed by atoms with Crippen LogP contribution in [0.4, 0.5) is 0 Å². The van der Waals surface area contributed by atoms with E-state index in [1.165, 1.54) is 0 Å². The normalized spacial score (nSPS) is 23.7. The number of unbranched alkanes of at least 4 members (excludes halogenated alkanes) is 1. The van der Waals surface area contributed by atoms with Gasteiger partial charge in [-0.25, -0.2) is 9.68 Å². The Bertz CT molecular complexity index is 172. The molecule has 0 N–H and O–H groups in total. The van der Waals surface area contributed by atoms with Gasteiger partial charge in [-0.2, -0.15) is 0 Å². The summed E-state index contributed by atoms with van der Waals surface area (Å²) >= 11 is 0. The molecule has 0 bridgehead atoms. The van der Waals surface area contributed by atoms with Gasteiger partial charge in [-0.3, -0.25) is 4.79 Å². The number of carbonyl (C=O) groups is 1. The molecule has 4 nitrogen and oxygen atoms in total. The Morgan fingerprint density at radius 1 is 1.69 bits per heavy atom. The summed E-state index contributed by atoms with van der Waals surface area (Å²) in [5.41, 5.74) is 0. The highest BCUT2D eigenvalue weighted by Crippen LogP contribution is 2.14. The Balaban J connectivity index is 2.25. The van der Waals surface area contributed by atoms with Crippen molar-refractivity contribution in [2.45, 2.75) is 45.6 Å². The van der Waals surface area contributed by atoms with Gasteiger partial charge in [-0.1, -0.05) is 18.6 Å². The first-order chi connectivity index (χ1) is 6.24. The van der Waals surface area contributed by atoms with Crippen molar-refractivity contribution in [3.63, 3.8) is 0 Å². The van der Waals surface area contributed by atoms with Crippen LogP contribution in [0.5, 0.6) is 0 Å². The summed E-state index contributed by atoms with van der Waals surface area (Å²) in [6.45, 7) is 4.56. The Hall–Kier alpha value is -0.610. The van der Waals surface area contributed by atoms with Gasteiger partial charge in [0.1, 0.15) is 0 Å². The molecule has 4 heteroatoms. The van der Waals surface area contributed by atoms with Crippen molar-refractivity contribution in [3.05, 3.63) is 0 Å². The van der Waals surface area contributed by atoms with Crippen molar-refractivity contribution in [1.29, 1.82) is 0 Å². The van der Waals surface area contributed by atoms with Crippen LogP contribution in [0, 0.1) is 0 Å². The number of hydrogen-bond donors (Lipinski definition) is 0. The largest absolute Gasteiger partial charge is 0.273 e. The van der Waals surface area contributed by atoms with Crippen molar-refractivity contribution in [2.24, 2.45) is 0 Å². The smallest absolute Gasteiger partial charge is 0.270 e. The molecule has 0 saturated carbocycles. The van der Waals surface area contributed by atoms with Crippen molar-refractivity contribution in [3.8, 4) is 0 Å². The molecule has 1 aliphatic rings. The Morgan fingerprint density at radius 2 is 2.46 bits per heavy atom. The number of nitrogens with zero attached hydrogens (tertiary/aromatic N) is 1. The van der Waals surface area contributed by atoms with E-state index < -0.39 is 0 Å². The fourth-order valence-electron chi connectivity index (χ4n) is 1.09.